The monoisotopic (exact) mass is 627 g/mol. The number of unbranched alkanes of at least 4 members (excludes halogenated alkanes) is 17. The van der Waals surface area contributed by atoms with Crippen molar-refractivity contribution in [1.29, 1.82) is 0 Å². The molecule has 3 unspecified atom stereocenters. The highest BCUT2D eigenvalue weighted by Crippen LogP contribution is 2.14. The van der Waals surface area contributed by atoms with Crippen molar-refractivity contribution in [3.8, 4) is 0 Å². The second kappa shape index (κ2) is 29.2. The van der Waals surface area contributed by atoms with Gasteiger partial charge < -0.3 is 15.5 Å². The number of hydrogen-bond donors (Lipinski definition) is 4. The molecule has 4 N–H and O–H groups in total. The van der Waals surface area contributed by atoms with E-state index in [4.69, 9.17) is 0 Å². The molecule has 0 heterocycles. The predicted octanol–water partition coefficient (Wildman–Crippen LogP) is 8.37. The highest BCUT2D eigenvalue weighted by Gasteiger charge is 2.27. The highest BCUT2D eigenvalue weighted by molar-refractivity contribution is 7.85. The zero-order valence-corrected chi connectivity index (χ0v) is 28.3. The Morgan fingerprint density at radius 3 is 1.51 bits per heavy atom. The van der Waals surface area contributed by atoms with Crippen molar-refractivity contribution in [2.24, 2.45) is 0 Å². The van der Waals surface area contributed by atoms with E-state index in [9.17, 15) is 28.0 Å². The summed E-state index contributed by atoms with van der Waals surface area (Å²) in [4.78, 5) is 12.5. The molecule has 0 aliphatic rings. The average molecular weight is 628 g/mol. The lowest BCUT2D eigenvalue weighted by Gasteiger charge is -2.22. The zero-order valence-electron chi connectivity index (χ0n) is 27.4. The molecule has 0 aromatic heterocycles. The molecule has 3 atom stereocenters. The van der Waals surface area contributed by atoms with Gasteiger partial charge in [-0.1, -0.05) is 153 Å². The number of carbonyl (C=O) groups excluding carboxylic acids is 1. The first kappa shape index (κ1) is 41.5. The van der Waals surface area contributed by atoms with Crippen LogP contribution in [0.25, 0.3) is 0 Å². The summed E-state index contributed by atoms with van der Waals surface area (Å²) in [6.07, 6.45) is 33.4. The molecule has 0 aliphatic heterocycles. The van der Waals surface area contributed by atoms with Crippen molar-refractivity contribution in [3.63, 3.8) is 0 Å². The summed E-state index contributed by atoms with van der Waals surface area (Å²) in [7, 11) is -4.44. The maximum Gasteiger partial charge on any atom is 0.267 e. The molecule has 0 saturated heterocycles. The quantitative estimate of drug-likeness (QED) is 0.0360. The minimum atomic E-state index is -4.44. The van der Waals surface area contributed by atoms with Gasteiger partial charge in [0.15, 0.2) is 0 Å². The Hall–Kier alpha value is -1.48. The molecule has 0 radical (unpaired) electrons. The minimum absolute atomic E-state index is 0.273. The van der Waals surface area contributed by atoms with Gasteiger partial charge in [-0.3, -0.25) is 9.35 Å². The third-order valence-electron chi connectivity index (χ3n) is 7.65. The van der Waals surface area contributed by atoms with Crippen molar-refractivity contribution in [2.45, 2.75) is 173 Å². The van der Waals surface area contributed by atoms with E-state index in [2.05, 4.69) is 43.5 Å². The van der Waals surface area contributed by atoms with E-state index in [-0.39, 0.29) is 6.42 Å². The fourth-order valence-corrected chi connectivity index (χ4v) is 5.68. The van der Waals surface area contributed by atoms with Gasteiger partial charge in [-0.25, -0.2) is 0 Å². The predicted molar refractivity (Wildman–Crippen MR) is 181 cm³/mol. The molecule has 0 fully saturated rings. The van der Waals surface area contributed by atoms with E-state index in [1.807, 2.05) is 0 Å². The lowest BCUT2D eigenvalue weighted by atomic mass is 10.0. The number of nitrogens with one attached hydrogen (secondary N) is 1. The summed E-state index contributed by atoms with van der Waals surface area (Å²) < 4.78 is 32.3. The Labute approximate surface area is 264 Å². The summed E-state index contributed by atoms with van der Waals surface area (Å²) in [5.41, 5.74) is 0. The standard InChI is InChI=1S/C35H65NO6S/c1-3-5-7-9-11-13-15-17-18-20-22-24-26-28-30-34(38)35(39)36-32(31-43(40,41)42)33(37)29-27-25-23-21-19-16-14-12-10-8-6-4-2/h10,12,19,21,27,29,32-34,37-38H,3-9,11,13-18,20,22-26,28,30-31H2,1-2H3,(H,36,39)(H,40,41,42)/b12-10+,21-19+,29-27+. The summed E-state index contributed by atoms with van der Waals surface area (Å²) in [6, 6.07) is -1.25. The number of rotatable bonds is 30. The molecular formula is C35H65NO6S. The molecule has 0 aromatic carbocycles. The van der Waals surface area contributed by atoms with Crippen LogP contribution in [0, 0.1) is 0 Å². The fourth-order valence-electron chi connectivity index (χ4n) is 4.94. The zero-order chi connectivity index (χ0) is 32.0. The second-order valence-electron chi connectivity index (χ2n) is 11.9. The molecule has 1 amide bonds. The highest BCUT2D eigenvalue weighted by atomic mass is 32.2. The van der Waals surface area contributed by atoms with Crippen molar-refractivity contribution in [1.82, 2.24) is 5.32 Å². The van der Waals surface area contributed by atoms with E-state index < -0.39 is 40.0 Å². The van der Waals surface area contributed by atoms with Gasteiger partial charge in [-0.15, -0.1) is 0 Å². The first-order valence-electron chi connectivity index (χ1n) is 17.3. The molecule has 252 valence electrons. The van der Waals surface area contributed by atoms with E-state index in [0.29, 0.717) is 12.8 Å². The van der Waals surface area contributed by atoms with Crippen molar-refractivity contribution < 1.29 is 28.0 Å². The van der Waals surface area contributed by atoms with Gasteiger partial charge >= 0.3 is 0 Å². The molecule has 0 bridgehead atoms. The van der Waals surface area contributed by atoms with Crippen molar-refractivity contribution in [3.05, 3.63) is 36.5 Å². The van der Waals surface area contributed by atoms with Gasteiger partial charge in [0, 0.05) is 0 Å². The summed E-state index contributed by atoms with van der Waals surface area (Å²) in [6.45, 7) is 4.43. The number of aliphatic hydroxyl groups excluding tert-OH is 2. The lowest BCUT2D eigenvalue weighted by molar-refractivity contribution is -0.130. The second-order valence-corrected chi connectivity index (χ2v) is 13.4. The molecule has 0 aliphatic carbocycles. The number of aliphatic hydroxyl groups is 2. The number of allylic oxidation sites excluding steroid dienone is 5. The number of carbonyl (C=O) groups is 1. The van der Waals surface area contributed by atoms with Gasteiger partial charge in [0.05, 0.1) is 17.9 Å². The Morgan fingerprint density at radius 1 is 0.628 bits per heavy atom. The Balaban J connectivity index is 4.21. The van der Waals surface area contributed by atoms with Crippen LogP contribution in [0.4, 0.5) is 0 Å². The van der Waals surface area contributed by atoms with Gasteiger partial charge in [0.1, 0.15) is 6.10 Å². The van der Waals surface area contributed by atoms with E-state index in [0.717, 1.165) is 44.9 Å². The molecule has 0 rings (SSSR count). The summed E-state index contributed by atoms with van der Waals surface area (Å²) >= 11 is 0. The van der Waals surface area contributed by atoms with E-state index in [1.165, 1.54) is 83.1 Å². The first-order chi connectivity index (χ1) is 20.7. The maximum atomic E-state index is 12.5. The van der Waals surface area contributed by atoms with Crippen LogP contribution in [-0.2, 0) is 14.9 Å². The largest absolute Gasteiger partial charge is 0.387 e. The molecular weight excluding hydrogens is 562 g/mol. The van der Waals surface area contributed by atoms with Crippen LogP contribution >= 0.6 is 0 Å². The lowest BCUT2D eigenvalue weighted by Crippen LogP contribution is -2.50. The summed E-state index contributed by atoms with van der Waals surface area (Å²) in [5, 5.41) is 23.2. The van der Waals surface area contributed by atoms with Gasteiger partial charge in [-0.2, -0.15) is 8.42 Å². The average Bonchev–Trinajstić information content (AvgIpc) is 2.96. The molecule has 8 heteroatoms. The number of amides is 1. The Kier molecular flexibility index (Phi) is 28.2. The van der Waals surface area contributed by atoms with Crippen LogP contribution in [0.2, 0.25) is 0 Å². The van der Waals surface area contributed by atoms with Crippen LogP contribution in [0.5, 0.6) is 0 Å². The van der Waals surface area contributed by atoms with Gasteiger partial charge in [-0.05, 0) is 38.5 Å². The normalized spacial score (nSPS) is 14.6. The molecule has 0 saturated carbocycles. The van der Waals surface area contributed by atoms with E-state index in [1.54, 1.807) is 6.08 Å². The van der Waals surface area contributed by atoms with Gasteiger partial charge in [0.2, 0.25) is 5.91 Å². The van der Waals surface area contributed by atoms with E-state index >= 15 is 0 Å². The molecule has 0 aromatic rings. The molecule has 0 spiro atoms. The molecule has 7 nitrogen and oxygen atoms in total. The third kappa shape index (κ3) is 29.0. The Morgan fingerprint density at radius 2 is 1.05 bits per heavy atom. The van der Waals surface area contributed by atoms with Gasteiger partial charge in [0.25, 0.3) is 10.1 Å². The topological polar surface area (TPSA) is 124 Å². The van der Waals surface area contributed by atoms with Crippen LogP contribution in [0.3, 0.4) is 0 Å². The van der Waals surface area contributed by atoms with Crippen LogP contribution in [-0.4, -0.2) is 53.1 Å². The smallest absolute Gasteiger partial charge is 0.267 e. The van der Waals surface area contributed by atoms with Crippen LogP contribution in [0.15, 0.2) is 36.5 Å². The summed E-state index contributed by atoms with van der Waals surface area (Å²) in [5.74, 6) is -1.57. The first-order valence-corrected chi connectivity index (χ1v) is 18.9. The minimum Gasteiger partial charge on any atom is -0.387 e. The third-order valence-corrected chi connectivity index (χ3v) is 8.44. The van der Waals surface area contributed by atoms with Crippen LogP contribution in [0.1, 0.15) is 155 Å². The SMILES string of the molecule is CCCC/C=C/CC/C=C/CC/C=C/C(O)C(CS(=O)(=O)O)NC(=O)C(O)CCCCCCCCCCCCCCCC. The van der Waals surface area contributed by atoms with Crippen molar-refractivity contribution >= 4 is 16.0 Å². The number of hydrogen-bond acceptors (Lipinski definition) is 5. The maximum absolute atomic E-state index is 12.5. The fraction of sp³-hybridized carbons (Fsp3) is 0.800. The Bertz CT molecular complexity index is 839. The van der Waals surface area contributed by atoms with Crippen LogP contribution < -0.4 is 5.32 Å². The van der Waals surface area contributed by atoms with Crippen molar-refractivity contribution in [2.75, 3.05) is 5.75 Å². The molecule has 43 heavy (non-hydrogen) atoms.